The fraction of sp³-hybridized carbons (Fsp3) is 0.714. The first kappa shape index (κ1) is 13.3. The highest BCUT2D eigenvalue weighted by molar-refractivity contribution is 5.07. The average molecular weight is 222 g/mol. The lowest BCUT2D eigenvalue weighted by Crippen LogP contribution is -2.23. The molecule has 0 atom stereocenters. The van der Waals surface area contributed by atoms with E-state index < -0.39 is 0 Å². The maximum absolute atomic E-state index is 3.46. The molecule has 1 rings (SSSR count). The van der Waals surface area contributed by atoms with E-state index in [2.05, 4.69) is 62.8 Å². The number of hydrogen-bond acceptors (Lipinski definition) is 1. The third kappa shape index (κ3) is 4.84. The van der Waals surface area contributed by atoms with Crippen molar-refractivity contribution in [2.75, 3.05) is 0 Å². The Kier molecular flexibility index (Phi) is 4.60. The highest BCUT2D eigenvalue weighted by atomic mass is 15.0. The summed E-state index contributed by atoms with van der Waals surface area (Å²) in [5.41, 5.74) is 1.80. The molecule has 0 fully saturated rings. The molecule has 0 aliphatic rings. The van der Waals surface area contributed by atoms with E-state index in [4.69, 9.17) is 0 Å². The summed E-state index contributed by atoms with van der Waals surface area (Å²) in [6.45, 7) is 13.3. The van der Waals surface area contributed by atoms with Gasteiger partial charge in [0, 0.05) is 31.0 Å². The molecule has 0 saturated carbocycles. The molecule has 0 unspecified atom stereocenters. The van der Waals surface area contributed by atoms with Gasteiger partial charge in [0.2, 0.25) is 0 Å². The standard InChI is InChI=1S/C14H26N2/c1-12(2)15-11-13-7-6-9-16(13)10-8-14(3,4)5/h6-7,9,12,15H,8,10-11H2,1-5H3. The van der Waals surface area contributed by atoms with Crippen molar-refractivity contribution in [2.24, 2.45) is 5.41 Å². The fourth-order valence-electron chi connectivity index (χ4n) is 1.59. The highest BCUT2D eigenvalue weighted by Gasteiger charge is 2.10. The molecule has 2 nitrogen and oxygen atoms in total. The van der Waals surface area contributed by atoms with Gasteiger partial charge < -0.3 is 9.88 Å². The zero-order chi connectivity index (χ0) is 12.2. The lowest BCUT2D eigenvalue weighted by atomic mass is 9.92. The van der Waals surface area contributed by atoms with Crippen LogP contribution in [0.5, 0.6) is 0 Å². The predicted octanol–water partition coefficient (Wildman–Crippen LogP) is 3.42. The zero-order valence-corrected chi connectivity index (χ0v) is 11.4. The van der Waals surface area contributed by atoms with Gasteiger partial charge in [0.15, 0.2) is 0 Å². The van der Waals surface area contributed by atoms with Crippen LogP contribution in [0.3, 0.4) is 0 Å². The van der Waals surface area contributed by atoms with Gasteiger partial charge in [-0.3, -0.25) is 0 Å². The van der Waals surface area contributed by atoms with Gasteiger partial charge in [-0.05, 0) is 24.0 Å². The second-order valence-electron chi connectivity index (χ2n) is 6.04. The number of nitrogens with zero attached hydrogens (tertiary/aromatic N) is 1. The first-order valence-corrected chi connectivity index (χ1v) is 6.26. The van der Waals surface area contributed by atoms with Gasteiger partial charge >= 0.3 is 0 Å². The van der Waals surface area contributed by atoms with Crippen LogP contribution in [0.15, 0.2) is 18.3 Å². The Hall–Kier alpha value is -0.760. The first-order valence-electron chi connectivity index (χ1n) is 6.26. The first-order chi connectivity index (χ1) is 7.38. The molecular formula is C14H26N2. The molecule has 16 heavy (non-hydrogen) atoms. The van der Waals surface area contributed by atoms with Gasteiger partial charge in [-0.2, -0.15) is 0 Å². The van der Waals surface area contributed by atoms with Crippen molar-refractivity contribution >= 4 is 0 Å². The quantitative estimate of drug-likeness (QED) is 0.807. The Morgan fingerprint density at radius 3 is 2.56 bits per heavy atom. The lowest BCUT2D eigenvalue weighted by Gasteiger charge is -2.20. The van der Waals surface area contributed by atoms with Crippen molar-refractivity contribution in [3.63, 3.8) is 0 Å². The van der Waals surface area contributed by atoms with Crippen LogP contribution in [-0.2, 0) is 13.1 Å². The maximum atomic E-state index is 3.46. The van der Waals surface area contributed by atoms with Crippen LogP contribution in [0.25, 0.3) is 0 Å². The molecule has 1 aromatic heterocycles. The zero-order valence-electron chi connectivity index (χ0n) is 11.4. The Bertz CT molecular complexity index is 305. The third-order valence-corrected chi connectivity index (χ3v) is 2.72. The number of aromatic nitrogens is 1. The largest absolute Gasteiger partial charge is 0.350 e. The minimum atomic E-state index is 0.410. The lowest BCUT2D eigenvalue weighted by molar-refractivity contribution is 0.347. The Morgan fingerprint density at radius 1 is 1.31 bits per heavy atom. The second-order valence-corrected chi connectivity index (χ2v) is 6.04. The molecule has 0 aliphatic heterocycles. The molecule has 1 N–H and O–H groups in total. The third-order valence-electron chi connectivity index (χ3n) is 2.72. The van der Waals surface area contributed by atoms with Crippen LogP contribution in [0.2, 0.25) is 0 Å². The summed E-state index contributed by atoms with van der Waals surface area (Å²) < 4.78 is 2.36. The Morgan fingerprint density at radius 2 is 2.00 bits per heavy atom. The van der Waals surface area contributed by atoms with Crippen LogP contribution >= 0.6 is 0 Å². The average Bonchev–Trinajstić information content (AvgIpc) is 2.57. The molecule has 2 heteroatoms. The molecule has 0 spiro atoms. The van der Waals surface area contributed by atoms with Crippen LogP contribution < -0.4 is 5.32 Å². The van der Waals surface area contributed by atoms with Gasteiger partial charge in [0.05, 0.1) is 0 Å². The summed E-state index contributed by atoms with van der Waals surface area (Å²) in [7, 11) is 0. The molecule has 1 heterocycles. The normalized spacial score (nSPS) is 12.4. The summed E-state index contributed by atoms with van der Waals surface area (Å²) >= 11 is 0. The topological polar surface area (TPSA) is 17.0 Å². The number of aryl methyl sites for hydroxylation is 1. The monoisotopic (exact) mass is 222 g/mol. The van der Waals surface area contributed by atoms with Crippen LogP contribution in [-0.4, -0.2) is 10.6 Å². The predicted molar refractivity (Wildman–Crippen MR) is 70.5 cm³/mol. The van der Waals surface area contributed by atoms with E-state index in [9.17, 15) is 0 Å². The molecule has 0 aliphatic carbocycles. The van der Waals surface area contributed by atoms with Crippen LogP contribution in [0, 0.1) is 5.41 Å². The molecule has 0 amide bonds. The minimum absolute atomic E-state index is 0.410. The molecule has 0 saturated heterocycles. The van der Waals surface area contributed by atoms with Gasteiger partial charge in [0.25, 0.3) is 0 Å². The number of hydrogen-bond donors (Lipinski definition) is 1. The van der Waals surface area contributed by atoms with Crippen LogP contribution in [0.1, 0.15) is 46.7 Å². The number of rotatable bonds is 5. The molecule has 1 aromatic rings. The minimum Gasteiger partial charge on any atom is -0.350 e. The summed E-state index contributed by atoms with van der Waals surface area (Å²) in [5.74, 6) is 0. The molecule has 0 aromatic carbocycles. The second kappa shape index (κ2) is 5.53. The maximum Gasteiger partial charge on any atom is 0.0361 e. The fourth-order valence-corrected chi connectivity index (χ4v) is 1.59. The van der Waals surface area contributed by atoms with Gasteiger partial charge in [-0.1, -0.05) is 34.6 Å². The van der Waals surface area contributed by atoms with E-state index >= 15 is 0 Å². The van der Waals surface area contributed by atoms with E-state index in [1.165, 1.54) is 12.1 Å². The SMILES string of the molecule is CC(C)NCc1cccn1CCC(C)(C)C. The summed E-state index contributed by atoms with van der Waals surface area (Å²) in [5, 5.41) is 3.46. The smallest absolute Gasteiger partial charge is 0.0361 e. The Balaban J connectivity index is 2.50. The molecule has 0 bridgehead atoms. The number of nitrogens with one attached hydrogen (secondary N) is 1. The van der Waals surface area contributed by atoms with E-state index in [1.807, 2.05) is 0 Å². The Labute approximate surface area is 100 Å². The van der Waals surface area contributed by atoms with E-state index in [0.29, 0.717) is 11.5 Å². The van der Waals surface area contributed by atoms with Crippen molar-refractivity contribution in [1.82, 2.24) is 9.88 Å². The summed E-state index contributed by atoms with van der Waals surface area (Å²) in [4.78, 5) is 0. The van der Waals surface area contributed by atoms with E-state index in [1.54, 1.807) is 0 Å². The van der Waals surface area contributed by atoms with Crippen molar-refractivity contribution in [3.05, 3.63) is 24.0 Å². The summed E-state index contributed by atoms with van der Waals surface area (Å²) in [6, 6.07) is 4.89. The van der Waals surface area contributed by atoms with Gasteiger partial charge in [-0.15, -0.1) is 0 Å². The van der Waals surface area contributed by atoms with E-state index in [-0.39, 0.29) is 0 Å². The van der Waals surface area contributed by atoms with Crippen molar-refractivity contribution < 1.29 is 0 Å². The van der Waals surface area contributed by atoms with Crippen molar-refractivity contribution in [2.45, 2.75) is 60.2 Å². The molecule has 0 radical (unpaired) electrons. The van der Waals surface area contributed by atoms with E-state index in [0.717, 1.165) is 13.1 Å². The van der Waals surface area contributed by atoms with Gasteiger partial charge in [-0.25, -0.2) is 0 Å². The van der Waals surface area contributed by atoms with Crippen molar-refractivity contribution in [1.29, 1.82) is 0 Å². The highest BCUT2D eigenvalue weighted by Crippen LogP contribution is 2.20. The van der Waals surface area contributed by atoms with Crippen LogP contribution in [0.4, 0.5) is 0 Å². The summed E-state index contributed by atoms with van der Waals surface area (Å²) in [6.07, 6.45) is 3.40. The molecule has 92 valence electrons. The molecular weight excluding hydrogens is 196 g/mol. The van der Waals surface area contributed by atoms with Crippen molar-refractivity contribution in [3.8, 4) is 0 Å². The van der Waals surface area contributed by atoms with Gasteiger partial charge in [0.1, 0.15) is 0 Å².